The zero-order valence-corrected chi connectivity index (χ0v) is 14.1. The van der Waals surface area contributed by atoms with Gasteiger partial charge in [0, 0.05) is 8.04 Å². The summed E-state index contributed by atoms with van der Waals surface area (Å²) < 4.78 is 2.22. The molecule has 0 bridgehead atoms. The first kappa shape index (κ1) is 14.3. The third-order valence-corrected chi connectivity index (χ3v) is 4.36. The molecule has 2 rings (SSSR count). The van der Waals surface area contributed by atoms with Gasteiger partial charge in [0.15, 0.2) is 0 Å². The van der Waals surface area contributed by atoms with E-state index in [0.717, 1.165) is 19.2 Å². The minimum Gasteiger partial charge on any atom is -0.192 e. The number of allylic oxidation sites excluding steroid dienone is 1. The first-order chi connectivity index (χ1) is 9.10. The molecule has 0 amide bonds. The molecule has 94 valence electrons. The molecular weight excluding hydrogens is 413 g/mol. The van der Waals surface area contributed by atoms with Crippen molar-refractivity contribution >= 4 is 50.2 Å². The summed E-state index contributed by atoms with van der Waals surface area (Å²) in [6.45, 7) is 2.04. The second-order valence-electron chi connectivity index (χ2n) is 4.19. The van der Waals surface area contributed by atoms with E-state index < -0.39 is 0 Å². The highest BCUT2D eigenvalue weighted by molar-refractivity contribution is 14.1. The highest BCUT2D eigenvalue weighted by atomic mass is 127. The predicted molar refractivity (Wildman–Crippen MR) is 91.5 cm³/mol. The third-order valence-electron chi connectivity index (χ3n) is 2.78. The lowest BCUT2D eigenvalue weighted by atomic mass is 10.0. The number of nitriles is 1. The van der Waals surface area contributed by atoms with Crippen molar-refractivity contribution in [3.05, 3.63) is 67.2 Å². The lowest BCUT2D eigenvalue weighted by Crippen LogP contribution is -1.83. The zero-order valence-electron chi connectivity index (χ0n) is 10.3. The van der Waals surface area contributed by atoms with E-state index in [1.807, 2.05) is 55.5 Å². The molecule has 0 heterocycles. The van der Waals surface area contributed by atoms with E-state index in [0.29, 0.717) is 5.57 Å². The summed E-state index contributed by atoms with van der Waals surface area (Å²) in [5.74, 6) is 0. The minimum atomic E-state index is 0.673. The highest BCUT2D eigenvalue weighted by Gasteiger charge is 2.02. The summed E-state index contributed by atoms with van der Waals surface area (Å²) in [6.07, 6.45) is 1.91. The standard InChI is InChI=1S/C16H11BrIN/c1-11-2-3-12(9-16(11)17)8-14(10-19)13-4-6-15(18)7-5-13/h2-9H,1H3/b14-8-. The first-order valence-corrected chi connectivity index (χ1v) is 7.61. The van der Waals surface area contributed by atoms with Gasteiger partial charge >= 0.3 is 0 Å². The molecule has 0 aliphatic heterocycles. The molecule has 0 N–H and O–H groups in total. The molecule has 0 aromatic heterocycles. The van der Waals surface area contributed by atoms with Gasteiger partial charge < -0.3 is 0 Å². The second-order valence-corrected chi connectivity index (χ2v) is 6.29. The maximum Gasteiger partial charge on any atom is 0.0998 e. The molecule has 0 unspecified atom stereocenters. The van der Waals surface area contributed by atoms with E-state index in [1.165, 1.54) is 5.56 Å². The average molecular weight is 424 g/mol. The van der Waals surface area contributed by atoms with Gasteiger partial charge in [-0.3, -0.25) is 0 Å². The van der Waals surface area contributed by atoms with Gasteiger partial charge in [-0.1, -0.05) is 40.2 Å². The van der Waals surface area contributed by atoms with Crippen LogP contribution in [-0.2, 0) is 0 Å². The summed E-state index contributed by atoms with van der Waals surface area (Å²) in [5, 5.41) is 9.30. The Bertz CT molecular complexity index is 666. The van der Waals surface area contributed by atoms with Gasteiger partial charge in [0.2, 0.25) is 0 Å². The van der Waals surface area contributed by atoms with Crippen molar-refractivity contribution in [2.24, 2.45) is 0 Å². The van der Waals surface area contributed by atoms with Gasteiger partial charge in [0.25, 0.3) is 0 Å². The van der Waals surface area contributed by atoms with Crippen molar-refractivity contribution in [2.75, 3.05) is 0 Å². The van der Waals surface area contributed by atoms with Crippen LogP contribution in [0, 0.1) is 21.8 Å². The van der Waals surface area contributed by atoms with Crippen molar-refractivity contribution in [3.8, 4) is 6.07 Å². The summed E-state index contributed by atoms with van der Waals surface area (Å²) in [7, 11) is 0. The number of aryl methyl sites for hydroxylation is 1. The number of benzene rings is 2. The van der Waals surface area contributed by atoms with E-state index in [2.05, 4.69) is 44.6 Å². The topological polar surface area (TPSA) is 23.8 Å². The number of hydrogen-bond acceptors (Lipinski definition) is 1. The van der Waals surface area contributed by atoms with Crippen LogP contribution in [0.1, 0.15) is 16.7 Å². The molecule has 0 spiro atoms. The van der Waals surface area contributed by atoms with Crippen LogP contribution in [0.3, 0.4) is 0 Å². The minimum absolute atomic E-state index is 0.673. The van der Waals surface area contributed by atoms with Crippen LogP contribution in [0.15, 0.2) is 46.9 Å². The molecule has 0 fully saturated rings. The molecule has 2 aromatic rings. The monoisotopic (exact) mass is 423 g/mol. The maximum atomic E-state index is 9.30. The maximum absolute atomic E-state index is 9.30. The molecule has 0 aliphatic carbocycles. The first-order valence-electron chi connectivity index (χ1n) is 5.74. The predicted octanol–water partition coefficient (Wildman–Crippen LogP) is 5.43. The quantitative estimate of drug-likeness (QED) is 0.359. The Hall–Kier alpha value is -1.12. The van der Waals surface area contributed by atoms with Gasteiger partial charge in [-0.2, -0.15) is 5.26 Å². The Morgan fingerprint density at radius 1 is 1.21 bits per heavy atom. The van der Waals surface area contributed by atoms with E-state index in [-0.39, 0.29) is 0 Å². The van der Waals surface area contributed by atoms with Crippen molar-refractivity contribution in [1.82, 2.24) is 0 Å². The molecule has 1 nitrogen and oxygen atoms in total. The Morgan fingerprint density at radius 3 is 2.47 bits per heavy atom. The van der Waals surface area contributed by atoms with Crippen molar-refractivity contribution in [2.45, 2.75) is 6.92 Å². The smallest absolute Gasteiger partial charge is 0.0998 e. The molecule has 0 atom stereocenters. The fourth-order valence-corrected chi connectivity index (χ4v) is 2.43. The summed E-state index contributed by atoms with van der Waals surface area (Å²) in [6, 6.07) is 16.3. The molecule has 0 saturated heterocycles. The lowest BCUT2D eigenvalue weighted by Gasteiger charge is -2.02. The lowest BCUT2D eigenvalue weighted by molar-refractivity contribution is 1.42. The van der Waals surface area contributed by atoms with Gasteiger partial charge in [0.1, 0.15) is 0 Å². The van der Waals surface area contributed by atoms with E-state index >= 15 is 0 Å². The van der Waals surface area contributed by atoms with Gasteiger partial charge in [0.05, 0.1) is 11.6 Å². The van der Waals surface area contributed by atoms with Crippen LogP contribution in [0.4, 0.5) is 0 Å². The van der Waals surface area contributed by atoms with Crippen LogP contribution in [-0.4, -0.2) is 0 Å². The van der Waals surface area contributed by atoms with E-state index in [9.17, 15) is 5.26 Å². The number of nitrogens with zero attached hydrogens (tertiary/aromatic N) is 1. The highest BCUT2D eigenvalue weighted by Crippen LogP contribution is 2.22. The summed E-state index contributed by atoms with van der Waals surface area (Å²) in [4.78, 5) is 0. The largest absolute Gasteiger partial charge is 0.192 e. The fourth-order valence-electron chi connectivity index (χ4n) is 1.68. The van der Waals surface area contributed by atoms with Crippen molar-refractivity contribution < 1.29 is 0 Å². The fraction of sp³-hybridized carbons (Fsp3) is 0.0625. The van der Waals surface area contributed by atoms with Crippen LogP contribution in [0.2, 0.25) is 0 Å². The normalized spacial score (nSPS) is 11.2. The zero-order chi connectivity index (χ0) is 13.8. The van der Waals surface area contributed by atoms with Crippen LogP contribution >= 0.6 is 38.5 Å². The molecule has 3 heteroatoms. The summed E-state index contributed by atoms with van der Waals surface area (Å²) in [5.41, 5.74) is 3.82. The van der Waals surface area contributed by atoms with Gasteiger partial charge in [-0.25, -0.2) is 0 Å². The summed E-state index contributed by atoms with van der Waals surface area (Å²) >= 11 is 5.77. The number of rotatable bonds is 2. The van der Waals surface area contributed by atoms with E-state index in [4.69, 9.17) is 0 Å². The second kappa shape index (κ2) is 6.36. The third kappa shape index (κ3) is 3.68. The SMILES string of the molecule is Cc1ccc(/C=C(/C#N)c2ccc(I)cc2)cc1Br. The Morgan fingerprint density at radius 2 is 1.89 bits per heavy atom. The van der Waals surface area contributed by atoms with Crippen LogP contribution < -0.4 is 0 Å². The Balaban J connectivity index is 2.41. The number of hydrogen-bond donors (Lipinski definition) is 0. The Labute approximate surface area is 135 Å². The Kier molecular flexibility index (Phi) is 4.78. The van der Waals surface area contributed by atoms with Crippen LogP contribution in [0.5, 0.6) is 0 Å². The van der Waals surface area contributed by atoms with Crippen molar-refractivity contribution in [1.29, 1.82) is 5.26 Å². The van der Waals surface area contributed by atoms with Crippen LogP contribution in [0.25, 0.3) is 11.6 Å². The number of halogens is 2. The average Bonchev–Trinajstić information content (AvgIpc) is 2.41. The molecular formula is C16H11BrIN. The molecule has 2 aromatic carbocycles. The molecule has 19 heavy (non-hydrogen) atoms. The molecule has 0 saturated carbocycles. The molecule has 0 aliphatic rings. The molecule has 0 radical (unpaired) electrons. The van der Waals surface area contributed by atoms with Gasteiger partial charge in [-0.05, 0) is 70.5 Å². The van der Waals surface area contributed by atoms with Crippen molar-refractivity contribution in [3.63, 3.8) is 0 Å². The van der Waals surface area contributed by atoms with Gasteiger partial charge in [-0.15, -0.1) is 0 Å². The van der Waals surface area contributed by atoms with E-state index in [1.54, 1.807) is 0 Å².